The Morgan fingerprint density at radius 3 is 2.79 bits per heavy atom. The summed E-state index contributed by atoms with van der Waals surface area (Å²) >= 11 is 0. The minimum Gasteiger partial charge on any atom is -0.544 e. The van der Waals surface area contributed by atoms with Crippen LogP contribution in [-0.4, -0.2) is 17.0 Å². The molecule has 24 heavy (non-hydrogen) atoms. The van der Waals surface area contributed by atoms with Crippen LogP contribution in [0.25, 0.3) is 10.9 Å². The standard InChI is InChI=1S/C20H20N2O2/c1-11-7-8-12(2)14(9-11)18-19-15(10-17(22-18)20(23)24)13-5-3-4-6-16(13)21-19/h3-9,17-18,21-22H,10H2,1-2H3,(H,23,24)/t17-,18-/m1/s1. The van der Waals surface area contributed by atoms with Crippen LogP contribution in [0.5, 0.6) is 0 Å². The SMILES string of the molecule is Cc1ccc(C)c([C@H]2[NH2+][C@@H](C(=O)[O-])Cc3c2[nH]c2ccccc32)c1. The molecule has 4 rings (SSSR count). The van der Waals surface area contributed by atoms with Gasteiger partial charge in [-0.3, -0.25) is 0 Å². The second-order valence-electron chi connectivity index (χ2n) is 6.72. The van der Waals surface area contributed by atoms with Crippen LogP contribution in [0.3, 0.4) is 0 Å². The fraction of sp³-hybridized carbons (Fsp3) is 0.250. The third kappa shape index (κ3) is 2.31. The van der Waals surface area contributed by atoms with Crippen molar-refractivity contribution in [2.45, 2.75) is 32.4 Å². The van der Waals surface area contributed by atoms with E-state index >= 15 is 0 Å². The molecule has 2 atom stereocenters. The first kappa shape index (κ1) is 15.0. The zero-order chi connectivity index (χ0) is 16.8. The van der Waals surface area contributed by atoms with E-state index in [0.29, 0.717) is 6.42 Å². The number of para-hydroxylation sites is 1. The first-order valence-electron chi connectivity index (χ1n) is 8.27. The molecule has 4 heteroatoms. The summed E-state index contributed by atoms with van der Waals surface area (Å²) in [7, 11) is 0. The molecule has 3 aromatic rings. The van der Waals surface area contributed by atoms with Gasteiger partial charge in [0, 0.05) is 22.9 Å². The van der Waals surface area contributed by atoms with Crippen LogP contribution in [0.15, 0.2) is 42.5 Å². The molecule has 0 radical (unpaired) electrons. The number of carboxylic acids is 1. The number of carbonyl (C=O) groups excluding carboxylic acids is 1. The number of carboxylic acid groups (broad SMARTS) is 1. The number of rotatable bonds is 2. The van der Waals surface area contributed by atoms with Gasteiger partial charge in [0.25, 0.3) is 0 Å². The Kier molecular flexibility index (Phi) is 3.43. The third-order valence-electron chi connectivity index (χ3n) is 5.08. The van der Waals surface area contributed by atoms with Crippen LogP contribution >= 0.6 is 0 Å². The molecule has 3 N–H and O–H groups in total. The highest BCUT2D eigenvalue weighted by molar-refractivity contribution is 5.86. The van der Waals surface area contributed by atoms with Crippen molar-refractivity contribution in [3.8, 4) is 0 Å². The maximum Gasteiger partial charge on any atom is 0.153 e. The zero-order valence-electron chi connectivity index (χ0n) is 13.8. The normalized spacial score (nSPS) is 20.1. The van der Waals surface area contributed by atoms with Crippen LogP contribution in [0.2, 0.25) is 0 Å². The van der Waals surface area contributed by atoms with E-state index in [9.17, 15) is 9.90 Å². The Balaban J connectivity index is 1.94. The fourth-order valence-electron chi connectivity index (χ4n) is 3.84. The van der Waals surface area contributed by atoms with E-state index in [1.165, 1.54) is 11.1 Å². The molecule has 122 valence electrons. The van der Waals surface area contributed by atoms with E-state index in [1.807, 2.05) is 23.5 Å². The van der Waals surface area contributed by atoms with Crippen molar-refractivity contribution in [3.05, 3.63) is 70.4 Å². The van der Waals surface area contributed by atoms with Gasteiger partial charge in [0.15, 0.2) is 6.04 Å². The van der Waals surface area contributed by atoms with E-state index in [2.05, 4.69) is 43.1 Å². The molecule has 4 nitrogen and oxygen atoms in total. The lowest BCUT2D eigenvalue weighted by Crippen LogP contribution is -2.95. The van der Waals surface area contributed by atoms with E-state index in [-0.39, 0.29) is 6.04 Å². The molecule has 0 spiro atoms. The number of carbonyl (C=O) groups is 1. The van der Waals surface area contributed by atoms with Gasteiger partial charge in [-0.2, -0.15) is 0 Å². The number of aromatic amines is 1. The number of nitrogens with one attached hydrogen (secondary N) is 1. The molecule has 0 saturated heterocycles. The second kappa shape index (κ2) is 5.49. The molecule has 0 saturated carbocycles. The minimum absolute atomic E-state index is 0.0519. The molecule has 2 aromatic carbocycles. The molecule has 1 aliphatic heterocycles. The Bertz CT molecular complexity index is 942. The number of aliphatic carboxylic acids is 1. The quantitative estimate of drug-likeness (QED) is 0.742. The summed E-state index contributed by atoms with van der Waals surface area (Å²) in [6, 6.07) is 13.8. The Morgan fingerprint density at radius 1 is 1.21 bits per heavy atom. The summed E-state index contributed by atoms with van der Waals surface area (Å²) in [5, 5.41) is 14.6. The number of hydrogen-bond donors (Lipinski definition) is 2. The van der Waals surface area contributed by atoms with Gasteiger partial charge in [0.05, 0.1) is 11.7 Å². The van der Waals surface area contributed by atoms with Gasteiger partial charge in [-0.25, -0.2) is 0 Å². The average Bonchev–Trinajstić information content (AvgIpc) is 2.95. The van der Waals surface area contributed by atoms with Crippen LogP contribution in [-0.2, 0) is 11.2 Å². The van der Waals surface area contributed by atoms with Gasteiger partial charge in [-0.05, 0) is 37.1 Å². The summed E-state index contributed by atoms with van der Waals surface area (Å²) in [6.07, 6.45) is 0.489. The largest absolute Gasteiger partial charge is 0.544 e. The van der Waals surface area contributed by atoms with Gasteiger partial charge in [-0.1, -0.05) is 35.9 Å². The van der Waals surface area contributed by atoms with Gasteiger partial charge >= 0.3 is 0 Å². The predicted molar refractivity (Wildman–Crippen MR) is 90.5 cm³/mol. The lowest BCUT2D eigenvalue weighted by atomic mass is 9.88. The summed E-state index contributed by atoms with van der Waals surface area (Å²) in [5.74, 6) is -0.999. The molecule has 1 aliphatic rings. The monoisotopic (exact) mass is 320 g/mol. The third-order valence-corrected chi connectivity index (χ3v) is 5.08. The lowest BCUT2D eigenvalue weighted by molar-refractivity contribution is -0.717. The number of aromatic nitrogens is 1. The van der Waals surface area contributed by atoms with Gasteiger partial charge < -0.3 is 20.2 Å². The minimum atomic E-state index is -0.999. The number of nitrogens with two attached hydrogens (primary N) is 1. The Hall–Kier alpha value is -2.59. The summed E-state index contributed by atoms with van der Waals surface area (Å²) < 4.78 is 0. The van der Waals surface area contributed by atoms with Crippen molar-refractivity contribution in [3.63, 3.8) is 0 Å². The highest BCUT2D eigenvalue weighted by Crippen LogP contribution is 2.33. The number of hydrogen-bond acceptors (Lipinski definition) is 2. The van der Waals surface area contributed by atoms with Crippen molar-refractivity contribution in [2.75, 3.05) is 0 Å². The lowest BCUT2D eigenvalue weighted by Gasteiger charge is -2.29. The highest BCUT2D eigenvalue weighted by Gasteiger charge is 2.35. The van der Waals surface area contributed by atoms with E-state index in [1.54, 1.807) is 0 Å². The van der Waals surface area contributed by atoms with E-state index in [4.69, 9.17) is 0 Å². The first-order chi connectivity index (χ1) is 11.5. The molecule has 0 fully saturated rings. The van der Waals surface area contributed by atoms with Crippen molar-refractivity contribution >= 4 is 16.9 Å². The number of H-pyrrole nitrogens is 1. The fourth-order valence-corrected chi connectivity index (χ4v) is 3.84. The van der Waals surface area contributed by atoms with Crippen LogP contribution < -0.4 is 10.4 Å². The summed E-state index contributed by atoms with van der Waals surface area (Å²) in [4.78, 5) is 15.1. The number of quaternary nitrogens is 1. The molecule has 0 bridgehead atoms. The molecular weight excluding hydrogens is 300 g/mol. The first-order valence-corrected chi connectivity index (χ1v) is 8.27. The predicted octanol–water partition coefficient (Wildman–Crippen LogP) is 1.11. The maximum absolute atomic E-state index is 11.6. The Labute approximate surface area is 140 Å². The van der Waals surface area contributed by atoms with Gasteiger partial charge in [-0.15, -0.1) is 0 Å². The van der Waals surface area contributed by atoms with E-state index < -0.39 is 12.0 Å². The molecule has 0 amide bonds. The molecule has 0 unspecified atom stereocenters. The zero-order valence-corrected chi connectivity index (χ0v) is 13.8. The number of aryl methyl sites for hydroxylation is 2. The van der Waals surface area contributed by atoms with Gasteiger partial charge in [0.1, 0.15) is 6.04 Å². The van der Waals surface area contributed by atoms with Crippen LogP contribution in [0.1, 0.15) is 34.0 Å². The highest BCUT2D eigenvalue weighted by atomic mass is 16.4. The van der Waals surface area contributed by atoms with Crippen molar-refractivity contribution in [1.82, 2.24) is 4.98 Å². The topological polar surface area (TPSA) is 72.5 Å². The van der Waals surface area contributed by atoms with Crippen molar-refractivity contribution in [1.29, 1.82) is 0 Å². The van der Waals surface area contributed by atoms with E-state index in [0.717, 1.165) is 27.7 Å². The smallest absolute Gasteiger partial charge is 0.153 e. The summed E-state index contributed by atoms with van der Waals surface area (Å²) in [6.45, 7) is 4.14. The van der Waals surface area contributed by atoms with Crippen LogP contribution in [0.4, 0.5) is 0 Å². The summed E-state index contributed by atoms with van der Waals surface area (Å²) in [5.41, 5.74) is 6.79. The van der Waals surface area contributed by atoms with Crippen LogP contribution in [0, 0.1) is 13.8 Å². The second-order valence-corrected chi connectivity index (χ2v) is 6.72. The molecule has 2 heterocycles. The van der Waals surface area contributed by atoms with Crippen molar-refractivity contribution < 1.29 is 15.2 Å². The molecular formula is C20H20N2O2. The average molecular weight is 320 g/mol. The number of benzene rings is 2. The maximum atomic E-state index is 11.6. The Morgan fingerprint density at radius 2 is 2.00 bits per heavy atom. The molecule has 0 aliphatic carbocycles. The number of fused-ring (bicyclic) bond motifs is 3. The van der Waals surface area contributed by atoms with Crippen molar-refractivity contribution in [2.24, 2.45) is 0 Å². The molecule has 1 aromatic heterocycles. The van der Waals surface area contributed by atoms with Gasteiger partial charge in [0.2, 0.25) is 0 Å².